The third-order valence-electron chi connectivity index (χ3n) is 3.98. The molecule has 130 valence electrons. The van der Waals surface area contributed by atoms with Crippen molar-refractivity contribution in [3.05, 3.63) is 18.2 Å². The standard InChI is InChI=1S/C17H30N4O2/c1-5-8-21-13-18-11-15(21)12-19-14-6-9-20(10-7-14)16(22)23-17(2,3)4/h11,13-14,19H,5-10,12H2,1-4H3. The lowest BCUT2D eigenvalue weighted by Gasteiger charge is -2.33. The van der Waals surface area contributed by atoms with Gasteiger partial charge in [0, 0.05) is 38.4 Å². The van der Waals surface area contributed by atoms with Gasteiger partial charge >= 0.3 is 6.09 Å². The van der Waals surface area contributed by atoms with E-state index in [1.165, 1.54) is 5.69 Å². The molecule has 6 nitrogen and oxygen atoms in total. The van der Waals surface area contributed by atoms with E-state index in [1.807, 2.05) is 38.2 Å². The van der Waals surface area contributed by atoms with Crippen molar-refractivity contribution < 1.29 is 9.53 Å². The zero-order valence-electron chi connectivity index (χ0n) is 14.8. The number of hydrogen-bond donors (Lipinski definition) is 1. The first-order valence-electron chi connectivity index (χ1n) is 8.59. The van der Waals surface area contributed by atoms with Crippen LogP contribution in [-0.2, 0) is 17.8 Å². The summed E-state index contributed by atoms with van der Waals surface area (Å²) in [5, 5.41) is 3.59. The Balaban J connectivity index is 1.74. The molecular weight excluding hydrogens is 292 g/mol. The van der Waals surface area contributed by atoms with E-state index < -0.39 is 5.60 Å². The maximum Gasteiger partial charge on any atom is 0.410 e. The zero-order chi connectivity index (χ0) is 16.9. The Morgan fingerprint density at radius 2 is 2.09 bits per heavy atom. The number of piperidine rings is 1. The van der Waals surface area contributed by atoms with Gasteiger partial charge < -0.3 is 19.5 Å². The molecule has 0 atom stereocenters. The minimum absolute atomic E-state index is 0.197. The van der Waals surface area contributed by atoms with E-state index in [1.54, 1.807) is 0 Å². The highest BCUT2D eigenvalue weighted by atomic mass is 16.6. The fourth-order valence-corrected chi connectivity index (χ4v) is 2.78. The van der Waals surface area contributed by atoms with Crippen LogP contribution in [-0.4, -0.2) is 45.3 Å². The van der Waals surface area contributed by atoms with Crippen molar-refractivity contribution in [2.75, 3.05) is 13.1 Å². The summed E-state index contributed by atoms with van der Waals surface area (Å²) in [5.74, 6) is 0. The van der Waals surface area contributed by atoms with E-state index in [4.69, 9.17) is 4.74 Å². The van der Waals surface area contributed by atoms with Gasteiger partial charge in [0.05, 0.1) is 12.0 Å². The molecule has 6 heteroatoms. The van der Waals surface area contributed by atoms with Crippen molar-refractivity contribution in [2.45, 2.75) is 71.7 Å². The van der Waals surface area contributed by atoms with Gasteiger partial charge in [0.15, 0.2) is 0 Å². The van der Waals surface area contributed by atoms with E-state index in [0.717, 1.165) is 45.4 Å². The molecule has 1 fully saturated rings. The van der Waals surface area contributed by atoms with Crippen LogP contribution in [0.5, 0.6) is 0 Å². The van der Waals surface area contributed by atoms with Gasteiger partial charge in [0.1, 0.15) is 5.60 Å². The maximum atomic E-state index is 12.1. The van der Waals surface area contributed by atoms with Gasteiger partial charge in [-0.05, 0) is 40.0 Å². The highest BCUT2D eigenvalue weighted by Crippen LogP contribution is 2.16. The van der Waals surface area contributed by atoms with E-state index in [9.17, 15) is 4.79 Å². The molecule has 2 rings (SSSR count). The van der Waals surface area contributed by atoms with Crippen LogP contribution in [0.2, 0.25) is 0 Å². The van der Waals surface area contributed by atoms with Crippen LogP contribution in [0.25, 0.3) is 0 Å². The second-order valence-electron chi connectivity index (χ2n) is 7.20. The number of carbonyl (C=O) groups excluding carboxylic acids is 1. The summed E-state index contributed by atoms with van der Waals surface area (Å²) in [4.78, 5) is 18.1. The highest BCUT2D eigenvalue weighted by Gasteiger charge is 2.26. The topological polar surface area (TPSA) is 59.4 Å². The SMILES string of the molecule is CCCn1cncc1CNC1CCN(C(=O)OC(C)(C)C)CC1. The Morgan fingerprint density at radius 3 is 2.70 bits per heavy atom. The Morgan fingerprint density at radius 1 is 1.39 bits per heavy atom. The quantitative estimate of drug-likeness (QED) is 0.905. The van der Waals surface area contributed by atoms with Crippen LogP contribution < -0.4 is 5.32 Å². The first-order chi connectivity index (χ1) is 10.9. The largest absolute Gasteiger partial charge is 0.444 e. The third-order valence-corrected chi connectivity index (χ3v) is 3.98. The molecule has 1 aliphatic heterocycles. The third kappa shape index (κ3) is 5.53. The van der Waals surface area contributed by atoms with Gasteiger partial charge in [-0.25, -0.2) is 9.78 Å². The fourth-order valence-electron chi connectivity index (χ4n) is 2.78. The molecule has 2 heterocycles. The fraction of sp³-hybridized carbons (Fsp3) is 0.765. The predicted octanol–water partition coefficient (Wildman–Crippen LogP) is 2.78. The summed E-state index contributed by atoms with van der Waals surface area (Å²) < 4.78 is 7.63. The number of carbonyl (C=O) groups is 1. The van der Waals surface area contributed by atoms with Crippen LogP contribution in [0.3, 0.4) is 0 Å². The molecule has 1 saturated heterocycles. The van der Waals surface area contributed by atoms with Gasteiger partial charge in [-0.3, -0.25) is 0 Å². The summed E-state index contributed by atoms with van der Waals surface area (Å²) in [5.41, 5.74) is 0.797. The molecule has 0 bridgehead atoms. The van der Waals surface area contributed by atoms with Crippen LogP contribution in [0.15, 0.2) is 12.5 Å². The molecule has 1 aliphatic rings. The molecule has 0 spiro atoms. The van der Waals surface area contributed by atoms with Gasteiger partial charge in [-0.2, -0.15) is 0 Å². The first kappa shape index (κ1) is 17.8. The van der Waals surface area contributed by atoms with Crippen LogP contribution in [0.1, 0.15) is 52.7 Å². The molecule has 1 aromatic heterocycles. The molecule has 0 saturated carbocycles. The smallest absolute Gasteiger partial charge is 0.410 e. The van der Waals surface area contributed by atoms with Crippen molar-refractivity contribution in [2.24, 2.45) is 0 Å². The van der Waals surface area contributed by atoms with Crippen LogP contribution in [0, 0.1) is 0 Å². The van der Waals surface area contributed by atoms with E-state index in [-0.39, 0.29) is 6.09 Å². The Labute approximate surface area is 139 Å². The second kappa shape index (κ2) is 7.81. The lowest BCUT2D eigenvalue weighted by Crippen LogP contribution is -2.46. The molecule has 1 N–H and O–H groups in total. The Kier molecular flexibility index (Phi) is 6.04. The average Bonchev–Trinajstić information content (AvgIpc) is 2.92. The summed E-state index contributed by atoms with van der Waals surface area (Å²) in [6.07, 6.45) is 6.65. The number of aromatic nitrogens is 2. The number of nitrogens with one attached hydrogen (secondary N) is 1. The molecule has 1 aromatic rings. The first-order valence-corrected chi connectivity index (χ1v) is 8.59. The number of aryl methyl sites for hydroxylation is 1. The van der Waals surface area contributed by atoms with E-state index in [2.05, 4.69) is 21.8 Å². The maximum absolute atomic E-state index is 12.1. The molecule has 0 radical (unpaired) electrons. The summed E-state index contributed by atoms with van der Waals surface area (Å²) in [6.45, 7) is 11.2. The number of likely N-dealkylation sites (tertiary alicyclic amines) is 1. The molecule has 23 heavy (non-hydrogen) atoms. The number of rotatable bonds is 5. The number of nitrogens with zero attached hydrogens (tertiary/aromatic N) is 3. The van der Waals surface area contributed by atoms with Crippen molar-refractivity contribution in [1.82, 2.24) is 19.8 Å². The number of amides is 1. The van der Waals surface area contributed by atoms with Crippen LogP contribution in [0.4, 0.5) is 4.79 Å². The predicted molar refractivity (Wildman–Crippen MR) is 90.2 cm³/mol. The lowest BCUT2D eigenvalue weighted by atomic mass is 10.1. The number of imidazole rings is 1. The molecule has 0 unspecified atom stereocenters. The molecule has 0 aliphatic carbocycles. The van der Waals surface area contributed by atoms with Crippen LogP contribution >= 0.6 is 0 Å². The summed E-state index contributed by atoms with van der Waals surface area (Å²) >= 11 is 0. The lowest BCUT2D eigenvalue weighted by molar-refractivity contribution is 0.0198. The molecule has 1 amide bonds. The highest BCUT2D eigenvalue weighted by molar-refractivity contribution is 5.68. The minimum Gasteiger partial charge on any atom is -0.444 e. The minimum atomic E-state index is -0.427. The van der Waals surface area contributed by atoms with Gasteiger partial charge in [0.2, 0.25) is 0 Å². The number of hydrogen-bond acceptors (Lipinski definition) is 4. The van der Waals surface area contributed by atoms with Gasteiger partial charge in [-0.1, -0.05) is 6.92 Å². The van der Waals surface area contributed by atoms with E-state index in [0.29, 0.717) is 6.04 Å². The van der Waals surface area contributed by atoms with Gasteiger partial charge in [0.25, 0.3) is 0 Å². The van der Waals surface area contributed by atoms with Crippen molar-refractivity contribution in [1.29, 1.82) is 0 Å². The average molecular weight is 322 g/mol. The summed E-state index contributed by atoms with van der Waals surface area (Å²) in [6, 6.07) is 0.443. The van der Waals surface area contributed by atoms with Crippen molar-refractivity contribution in [3.63, 3.8) is 0 Å². The zero-order valence-corrected chi connectivity index (χ0v) is 14.8. The summed E-state index contributed by atoms with van der Waals surface area (Å²) in [7, 11) is 0. The van der Waals surface area contributed by atoms with Crippen molar-refractivity contribution in [3.8, 4) is 0 Å². The number of ether oxygens (including phenoxy) is 1. The normalized spacial score (nSPS) is 16.6. The van der Waals surface area contributed by atoms with Gasteiger partial charge in [-0.15, -0.1) is 0 Å². The second-order valence-corrected chi connectivity index (χ2v) is 7.20. The van der Waals surface area contributed by atoms with E-state index >= 15 is 0 Å². The Hall–Kier alpha value is -1.56. The molecular formula is C17H30N4O2. The van der Waals surface area contributed by atoms with Crippen molar-refractivity contribution >= 4 is 6.09 Å². The Bertz CT molecular complexity index is 499. The monoisotopic (exact) mass is 322 g/mol. The molecule has 0 aromatic carbocycles.